The molecule has 0 unspecified atom stereocenters. The number of rotatable bonds is 5. The minimum Gasteiger partial charge on any atom is -0.497 e. The van der Waals surface area contributed by atoms with E-state index < -0.39 is 23.4 Å². The average Bonchev–Trinajstić information content (AvgIpc) is 3.02. The zero-order valence-electron chi connectivity index (χ0n) is 13.5. The summed E-state index contributed by atoms with van der Waals surface area (Å²) in [6.07, 6.45) is 0. The molecule has 0 aliphatic carbocycles. The van der Waals surface area contributed by atoms with Crippen molar-refractivity contribution >= 4 is 34.6 Å². The molecule has 0 aliphatic rings. The second kappa shape index (κ2) is 7.52. The van der Waals surface area contributed by atoms with E-state index in [4.69, 9.17) is 4.74 Å². The number of nitrogens with zero attached hydrogens (tertiary/aromatic N) is 1. The highest BCUT2D eigenvalue weighted by molar-refractivity contribution is 7.99. The molecular formula is C17H13F2N3O3S. The number of aromatic amines is 1. The van der Waals surface area contributed by atoms with E-state index in [1.165, 1.54) is 19.2 Å². The molecule has 0 spiro atoms. The van der Waals surface area contributed by atoms with Crippen molar-refractivity contribution in [3.63, 3.8) is 0 Å². The van der Waals surface area contributed by atoms with Crippen LogP contribution in [0.1, 0.15) is 10.4 Å². The third-order valence-corrected chi connectivity index (χ3v) is 4.32. The van der Waals surface area contributed by atoms with Gasteiger partial charge in [-0.25, -0.2) is 13.8 Å². The van der Waals surface area contributed by atoms with Crippen molar-refractivity contribution in [3.05, 3.63) is 53.6 Å². The molecular weight excluding hydrogens is 364 g/mol. The maximum atomic E-state index is 13.2. The van der Waals surface area contributed by atoms with Gasteiger partial charge in [-0.05, 0) is 24.3 Å². The minimum atomic E-state index is -0.997. The number of imidazole rings is 1. The first-order valence-electron chi connectivity index (χ1n) is 7.42. The Kier molecular flexibility index (Phi) is 5.17. The van der Waals surface area contributed by atoms with Crippen LogP contribution in [-0.4, -0.2) is 34.6 Å². The van der Waals surface area contributed by atoms with Gasteiger partial charge in [-0.3, -0.25) is 14.9 Å². The summed E-state index contributed by atoms with van der Waals surface area (Å²) in [5, 5.41) is 2.57. The lowest BCUT2D eigenvalue weighted by Gasteiger charge is -2.04. The molecule has 1 aromatic heterocycles. The van der Waals surface area contributed by atoms with Crippen molar-refractivity contribution in [2.45, 2.75) is 5.16 Å². The second-order valence-corrected chi connectivity index (χ2v) is 6.18. The first kappa shape index (κ1) is 17.9. The smallest absolute Gasteiger partial charge is 0.257 e. The topological polar surface area (TPSA) is 84.1 Å². The Labute approximate surface area is 150 Å². The number of hydrogen-bond donors (Lipinski definition) is 2. The summed E-state index contributed by atoms with van der Waals surface area (Å²) in [7, 11) is 1.51. The second-order valence-electron chi connectivity index (χ2n) is 5.22. The standard InChI is InChI=1S/C17H13F2N3O3S/c1-25-10-4-2-9(3-5-10)16(24)22-15(23)8-26-17-20-13-6-11(18)12(19)7-14(13)21-17/h2-7H,8H2,1H3,(H,20,21)(H,22,23,24). The number of H-pyrrole nitrogens is 1. The maximum absolute atomic E-state index is 13.2. The number of nitrogens with one attached hydrogen (secondary N) is 2. The summed E-state index contributed by atoms with van der Waals surface area (Å²) in [6, 6.07) is 8.27. The van der Waals surface area contributed by atoms with Crippen LogP contribution in [0.4, 0.5) is 8.78 Å². The molecule has 0 radical (unpaired) electrons. The van der Waals surface area contributed by atoms with E-state index in [-0.39, 0.29) is 11.3 Å². The monoisotopic (exact) mass is 377 g/mol. The number of aromatic nitrogens is 2. The van der Waals surface area contributed by atoms with Gasteiger partial charge in [-0.15, -0.1) is 0 Å². The van der Waals surface area contributed by atoms with E-state index in [9.17, 15) is 18.4 Å². The predicted octanol–water partition coefficient (Wildman–Crippen LogP) is 2.90. The number of hydrogen-bond acceptors (Lipinski definition) is 5. The van der Waals surface area contributed by atoms with E-state index in [0.29, 0.717) is 22.0 Å². The SMILES string of the molecule is COc1ccc(C(=O)NC(=O)CSc2nc3cc(F)c(F)cc3[nH]2)cc1. The molecule has 134 valence electrons. The van der Waals surface area contributed by atoms with Crippen LogP contribution >= 0.6 is 11.8 Å². The lowest BCUT2D eigenvalue weighted by molar-refractivity contribution is -0.117. The van der Waals surface area contributed by atoms with Crippen LogP contribution in [0.3, 0.4) is 0 Å². The average molecular weight is 377 g/mol. The normalized spacial score (nSPS) is 10.7. The molecule has 0 fully saturated rings. The van der Waals surface area contributed by atoms with Crippen molar-refractivity contribution < 1.29 is 23.1 Å². The van der Waals surface area contributed by atoms with Gasteiger partial charge in [-0.2, -0.15) is 0 Å². The molecule has 0 bridgehead atoms. The number of ether oxygens (including phenoxy) is 1. The van der Waals surface area contributed by atoms with Crippen LogP contribution in [-0.2, 0) is 4.79 Å². The summed E-state index contributed by atoms with van der Waals surface area (Å²) < 4.78 is 31.4. The van der Waals surface area contributed by atoms with Gasteiger partial charge in [0.25, 0.3) is 5.91 Å². The van der Waals surface area contributed by atoms with Crippen molar-refractivity contribution in [2.24, 2.45) is 0 Å². The molecule has 2 amide bonds. The fourth-order valence-electron chi connectivity index (χ4n) is 2.16. The van der Waals surface area contributed by atoms with E-state index in [1.807, 2.05) is 0 Å². The predicted molar refractivity (Wildman–Crippen MR) is 92.2 cm³/mol. The lowest BCUT2D eigenvalue weighted by atomic mass is 10.2. The van der Waals surface area contributed by atoms with Gasteiger partial charge in [-0.1, -0.05) is 11.8 Å². The fourth-order valence-corrected chi connectivity index (χ4v) is 2.85. The first-order chi connectivity index (χ1) is 12.5. The summed E-state index contributed by atoms with van der Waals surface area (Å²) in [6.45, 7) is 0. The Morgan fingerprint density at radius 3 is 2.58 bits per heavy atom. The van der Waals surface area contributed by atoms with Gasteiger partial charge in [0.05, 0.1) is 23.9 Å². The summed E-state index contributed by atoms with van der Waals surface area (Å²) in [4.78, 5) is 30.7. The third kappa shape index (κ3) is 3.99. The van der Waals surface area contributed by atoms with Gasteiger partial charge < -0.3 is 9.72 Å². The van der Waals surface area contributed by atoms with E-state index in [0.717, 1.165) is 23.9 Å². The number of amides is 2. The van der Waals surface area contributed by atoms with Gasteiger partial charge in [0, 0.05) is 17.7 Å². The minimum absolute atomic E-state index is 0.0906. The molecule has 1 heterocycles. The van der Waals surface area contributed by atoms with Crippen molar-refractivity contribution in [1.29, 1.82) is 0 Å². The van der Waals surface area contributed by atoms with Crippen molar-refractivity contribution in [1.82, 2.24) is 15.3 Å². The van der Waals surface area contributed by atoms with Crippen LogP contribution in [0.15, 0.2) is 41.6 Å². The highest BCUT2D eigenvalue weighted by atomic mass is 32.2. The highest BCUT2D eigenvalue weighted by Crippen LogP contribution is 2.21. The van der Waals surface area contributed by atoms with E-state index >= 15 is 0 Å². The molecule has 0 saturated carbocycles. The van der Waals surface area contributed by atoms with Crippen LogP contribution < -0.4 is 10.1 Å². The van der Waals surface area contributed by atoms with Gasteiger partial charge in [0.2, 0.25) is 5.91 Å². The van der Waals surface area contributed by atoms with E-state index in [1.54, 1.807) is 12.1 Å². The summed E-state index contributed by atoms with van der Waals surface area (Å²) in [5.74, 6) is -2.53. The highest BCUT2D eigenvalue weighted by Gasteiger charge is 2.13. The molecule has 3 rings (SSSR count). The molecule has 2 N–H and O–H groups in total. The number of halogens is 2. The molecule has 26 heavy (non-hydrogen) atoms. The molecule has 0 saturated heterocycles. The van der Waals surface area contributed by atoms with Gasteiger partial charge in [0.15, 0.2) is 16.8 Å². The Hall–Kier alpha value is -2.94. The first-order valence-corrected chi connectivity index (χ1v) is 8.40. The molecule has 0 aliphatic heterocycles. The number of fused-ring (bicyclic) bond motifs is 1. The Morgan fingerprint density at radius 2 is 1.88 bits per heavy atom. The third-order valence-electron chi connectivity index (χ3n) is 3.45. The Bertz CT molecular complexity index is 934. The zero-order valence-corrected chi connectivity index (χ0v) is 14.3. The Balaban J connectivity index is 1.58. The van der Waals surface area contributed by atoms with Crippen LogP contribution in [0, 0.1) is 11.6 Å². The number of methoxy groups -OCH3 is 1. The number of benzene rings is 2. The maximum Gasteiger partial charge on any atom is 0.257 e. The molecule has 6 nitrogen and oxygen atoms in total. The van der Waals surface area contributed by atoms with Crippen LogP contribution in [0.25, 0.3) is 11.0 Å². The summed E-state index contributed by atoms with van der Waals surface area (Å²) in [5.41, 5.74) is 0.890. The molecule has 9 heteroatoms. The number of thioether (sulfide) groups is 1. The van der Waals surface area contributed by atoms with Crippen LogP contribution in [0.5, 0.6) is 5.75 Å². The summed E-state index contributed by atoms with van der Waals surface area (Å²) >= 11 is 1.01. The number of carbonyl (C=O) groups is 2. The van der Waals surface area contributed by atoms with E-state index in [2.05, 4.69) is 15.3 Å². The molecule has 3 aromatic rings. The van der Waals surface area contributed by atoms with Gasteiger partial charge in [0.1, 0.15) is 5.75 Å². The fraction of sp³-hybridized carbons (Fsp3) is 0.118. The quantitative estimate of drug-likeness (QED) is 0.668. The zero-order chi connectivity index (χ0) is 18.7. The molecule has 2 aromatic carbocycles. The van der Waals surface area contributed by atoms with Crippen molar-refractivity contribution in [3.8, 4) is 5.75 Å². The lowest BCUT2D eigenvalue weighted by Crippen LogP contribution is -2.31. The van der Waals surface area contributed by atoms with Gasteiger partial charge >= 0.3 is 0 Å². The van der Waals surface area contributed by atoms with Crippen LogP contribution in [0.2, 0.25) is 0 Å². The van der Waals surface area contributed by atoms with Crippen molar-refractivity contribution in [2.75, 3.05) is 12.9 Å². The number of imide groups is 1. The number of carbonyl (C=O) groups excluding carboxylic acids is 2. The largest absolute Gasteiger partial charge is 0.497 e. The molecule has 0 atom stereocenters. The Morgan fingerprint density at radius 1 is 1.19 bits per heavy atom.